The average molecular weight is 251 g/mol. The van der Waals surface area contributed by atoms with Crippen LogP contribution in [-0.2, 0) is 4.79 Å². The number of carbonyl (C=O) groups is 2. The highest BCUT2D eigenvalue weighted by Gasteiger charge is 2.38. The molecule has 1 aliphatic heterocycles. The third-order valence-corrected chi connectivity index (χ3v) is 3.62. The summed E-state index contributed by atoms with van der Waals surface area (Å²) >= 11 is 0. The second-order valence-electron chi connectivity index (χ2n) is 5.07. The van der Waals surface area contributed by atoms with Crippen LogP contribution < -0.4 is 0 Å². The van der Waals surface area contributed by atoms with Crippen molar-refractivity contribution < 1.29 is 19.1 Å². The SMILES string of the molecule is Cc1ccc(C(=O)N2CCC(C)(C(=O)O)CC2)o1. The van der Waals surface area contributed by atoms with Gasteiger partial charge in [0.25, 0.3) is 5.91 Å². The van der Waals surface area contributed by atoms with Crippen molar-refractivity contribution in [3.8, 4) is 0 Å². The van der Waals surface area contributed by atoms with Crippen molar-refractivity contribution in [2.45, 2.75) is 26.7 Å². The van der Waals surface area contributed by atoms with Crippen molar-refractivity contribution in [3.63, 3.8) is 0 Å². The van der Waals surface area contributed by atoms with Crippen LogP contribution in [0.1, 0.15) is 36.1 Å². The zero-order valence-corrected chi connectivity index (χ0v) is 10.6. The summed E-state index contributed by atoms with van der Waals surface area (Å²) in [5.74, 6) is 0.0798. The van der Waals surface area contributed by atoms with Crippen LogP contribution >= 0.6 is 0 Å². The summed E-state index contributed by atoms with van der Waals surface area (Å²) < 4.78 is 5.29. The molecule has 0 aliphatic carbocycles. The van der Waals surface area contributed by atoms with Gasteiger partial charge in [0.15, 0.2) is 5.76 Å². The lowest BCUT2D eigenvalue weighted by Crippen LogP contribution is -2.45. The van der Waals surface area contributed by atoms with Crippen molar-refractivity contribution in [1.82, 2.24) is 4.90 Å². The van der Waals surface area contributed by atoms with Crippen molar-refractivity contribution in [1.29, 1.82) is 0 Å². The van der Waals surface area contributed by atoms with Gasteiger partial charge in [-0.05, 0) is 38.8 Å². The van der Waals surface area contributed by atoms with Gasteiger partial charge in [-0.15, -0.1) is 0 Å². The van der Waals surface area contributed by atoms with E-state index in [2.05, 4.69) is 0 Å². The number of carboxylic acids is 1. The van der Waals surface area contributed by atoms with Gasteiger partial charge in [0.05, 0.1) is 5.41 Å². The molecular formula is C13H17NO4. The first-order valence-electron chi connectivity index (χ1n) is 6.01. The molecule has 1 aromatic rings. The summed E-state index contributed by atoms with van der Waals surface area (Å²) in [7, 11) is 0. The molecule has 0 spiro atoms. The fraction of sp³-hybridized carbons (Fsp3) is 0.538. The number of likely N-dealkylation sites (tertiary alicyclic amines) is 1. The molecule has 1 amide bonds. The first kappa shape index (κ1) is 12.7. The Kier molecular flexibility index (Phi) is 3.15. The number of aryl methyl sites for hydroxylation is 1. The first-order chi connectivity index (χ1) is 8.42. The summed E-state index contributed by atoms with van der Waals surface area (Å²) in [5.41, 5.74) is -0.712. The van der Waals surface area contributed by atoms with Crippen LogP contribution in [-0.4, -0.2) is 35.0 Å². The maximum absolute atomic E-state index is 12.1. The molecule has 2 rings (SSSR count). The predicted octanol–water partition coefficient (Wildman–Crippen LogP) is 1.91. The maximum atomic E-state index is 12.1. The summed E-state index contributed by atoms with van der Waals surface area (Å²) in [6.07, 6.45) is 0.960. The molecule has 0 bridgehead atoms. The van der Waals surface area contributed by atoms with Gasteiger partial charge in [0.2, 0.25) is 0 Å². The molecule has 1 N–H and O–H groups in total. The number of rotatable bonds is 2. The number of carbonyl (C=O) groups excluding carboxylic acids is 1. The molecule has 98 valence electrons. The minimum atomic E-state index is -0.788. The highest BCUT2D eigenvalue weighted by Crippen LogP contribution is 2.31. The van der Waals surface area contributed by atoms with Gasteiger partial charge in [-0.3, -0.25) is 9.59 Å². The van der Waals surface area contributed by atoms with Crippen LogP contribution in [0, 0.1) is 12.3 Å². The Morgan fingerprint density at radius 1 is 1.33 bits per heavy atom. The van der Waals surface area contributed by atoms with Crippen molar-refractivity contribution >= 4 is 11.9 Å². The van der Waals surface area contributed by atoms with Crippen LogP contribution in [0.25, 0.3) is 0 Å². The van der Waals surface area contributed by atoms with Gasteiger partial charge < -0.3 is 14.4 Å². The third-order valence-electron chi connectivity index (χ3n) is 3.62. The number of amides is 1. The van der Waals surface area contributed by atoms with Gasteiger partial charge in [-0.25, -0.2) is 0 Å². The molecule has 0 radical (unpaired) electrons. The Bertz CT molecular complexity index is 469. The molecule has 2 heterocycles. The molecule has 1 aliphatic rings. The van der Waals surface area contributed by atoms with E-state index in [4.69, 9.17) is 9.52 Å². The van der Waals surface area contributed by atoms with Gasteiger partial charge in [-0.2, -0.15) is 0 Å². The number of aliphatic carboxylic acids is 1. The van der Waals surface area contributed by atoms with Crippen molar-refractivity contribution in [3.05, 3.63) is 23.7 Å². The summed E-state index contributed by atoms with van der Waals surface area (Å²) in [6.45, 7) is 4.44. The van der Waals surface area contributed by atoms with Crippen molar-refractivity contribution in [2.24, 2.45) is 5.41 Å². The first-order valence-corrected chi connectivity index (χ1v) is 6.01. The Morgan fingerprint density at radius 2 is 1.94 bits per heavy atom. The maximum Gasteiger partial charge on any atom is 0.309 e. The lowest BCUT2D eigenvalue weighted by molar-refractivity contribution is -0.150. The summed E-state index contributed by atoms with van der Waals surface area (Å²) in [6, 6.07) is 3.40. The molecule has 1 saturated heterocycles. The third kappa shape index (κ3) is 2.25. The van der Waals surface area contributed by atoms with Gasteiger partial charge in [-0.1, -0.05) is 0 Å². The number of hydrogen-bond acceptors (Lipinski definition) is 3. The van der Waals surface area contributed by atoms with E-state index < -0.39 is 11.4 Å². The lowest BCUT2D eigenvalue weighted by atomic mass is 9.80. The van der Waals surface area contributed by atoms with Crippen LogP contribution in [0.4, 0.5) is 0 Å². The van der Waals surface area contributed by atoms with Gasteiger partial charge in [0, 0.05) is 13.1 Å². The summed E-state index contributed by atoms with van der Waals surface area (Å²) in [5, 5.41) is 9.12. The van der Waals surface area contributed by atoms with E-state index >= 15 is 0 Å². The number of carboxylic acid groups (broad SMARTS) is 1. The van der Waals surface area contributed by atoms with E-state index in [9.17, 15) is 9.59 Å². The Labute approximate surface area is 105 Å². The number of piperidine rings is 1. The fourth-order valence-electron chi connectivity index (χ4n) is 2.12. The lowest BCUT2D eigenvalue weighted by Gasteiger charge is -2.36. The molecule has 1 fully saturated rings. The minimum absolute atomic E-state index is 0.157. The molecular weight excluding hydrogens is 234 g/mol. The molecule has 0 atom stereocenters. The number of nitrogens with zero attached hydrogens (tertiary/aromatic N) is 1. The molecule has 0 aromatic carbocycles. The Balaban J connectivity index is 2.02. The van der Waals surface area contributed by atoms with E-state index in [-0.39, 0.29) is 5.91 Å². The van der Waals surface area contributed by atoms with E-state index in [0.717, 1.165) is 0 Å². The highest BCUT2D eigenvalue weighted by molar-refractivity contribution is 5.91. The normalized spacial score (nSPS) is 18.7. The minimum Gasteiger partial charge on any atom is -0.481 e. The molecule has 5 nitrogen and oxygen atoms in total. The fourth-order valence-corrected chi connectivity index (χ4v) is 2.12. The van der Waals surface area contributed by atoms with E-state index in [1.165, 1.54) is 0 Å². The van der Waals surface area contributed by atoms with E-state index in [1.54, 1.807) is 30.9 Å². The number of furan rings is 1. The molecule has 0 saturated carbocycles. The van der Waals surface area contributed by atoms with Crippen LogP contribution in [0.5, 0.6) is 0 Å². The largest absolute Gasteiger partial charge is 0.481 e. The average Bonchev–Trinajstić information content (AvgIpc) is 2.76. The highest BCUT2D eigenvalue weighted by atomic mass is 16.4. The Morgan fingerprint density at radius 3 is 2.39 bits per heavy atom. The molecule has 1 aromatic heterocycles. The molecule has 5 heteroatoms. The molecule has 0 unspecified atom stereocenters. The monoisotopic (exact) mass is 251 g/mol. The van der Waals surface area contributed by atoms with E-state index in [1.807, 2.05) is 0 Å². The van der Waals surface area contributed by atoms with Crippen LogP contribution in [0.2, 0.25) is 0 Å². The Hall–Kier alpha value is -1.78. The quantitative estimate of drug-likeness (QED) is 0.871. The zero-order valence-electron chi connectivity index (χ0n) is 10.6. The molecule has 18 heavy (non-hydrogen) atoms. The van der Waals surface area contributed by atoms with E-state index in [0.29, 0.717) is 37.5 Å². The predicted molar refractivity (Wildman–Crippen MR) is 64.3 cm³/mol. The zero-order chi connectivity index (χ0) is 13.3. The number of hydrogen-bond donors (Lipinski definition) is 1. The standard InChI is InChI=1S/C13H17NO4/c1-9-3-4-10(18-9)11(15)14-7-5-13(2,6-8-14)12(16)17/h3-4H,5-8H2,1-2H3,(H,16,17). The van der Waals surface area contributed by atoms with Gasteiger partial charge in [0.1, 0.15) is 5.76 Å². The van der Waals surface area contributed by atoms with Gasteiger partial charge >= 0.3 is 5.97 Å². The second-order valence-corrected chi connectivity index (χ2v) is 5.07. The van der Waals surface area contributed by atoms with Crippen molar-refractivity contribution in [2.75, 3.05) is 13.1 Å². The topological polar surface area (TPSA) is 70.8 Å². The second kappa shape index (κ2) is 4.48. The van der Waals surface area contributed by atoms with Crippen LogP contribution in [0.3, 0.4) is 0 Å². The summed E-state index contributed by atoms with van der Waals surface area (Å²) in [4.78, 5) is 24.8. The smallest absolute Gasteiger partial charge is 0.309 e. The van der Waals surface area contributed by atoms with Crippen LogP contribution in [0.15, 0.2) is 16.5 Å².